The second-order valence-electron chi connectivity index (χ2n) is 27.5. The highest BCUT2D eigenvalue weighted by Crippen LogP contribution is 2.34. The number of nitrogens with one attached hydrogen (secondary N) is 12. The molecule has 0 radical (unpaired) electrons. The van der Waals surface area contributed by atoms with Crippen molar-refractivity contribution in [2.45, 2.75) is 174 Å². The lowest BCUT2D eigenvalue weighted by Crippen LogP contribution is -2.61. The summed E-state index contributed by atoms with van der Waals surface area (Å²) in [5, 5.41) is 58.8. The molecular weight excluding hydrogens is 1500 g/mol. The first-order valence-electron chi connectivity index (χ1n) is 37.5. The largest absolute Gasteiger partial charge is 0.391 e. The van der Waals surface area contributed by atoms with Crippen LogP contribution in [0.15, 0.2) is 107 Å². The Morgan fingerprint density at radius 1 is 0.690 bits per heavy atom. The van der Waals surface area contributed by atoms with Crippen molar-refractivity contribution in [1.29, 1.82) is 0 Å². The molecule has 0 spiro atoms. The number of nitrogens with zero attached hydrogens (tertiary/aromatic N) is 4. The fraction of sp³-hybridized carbons (Fsp3) is 0.487. The molecule has 35 nitrogen and oxygen atoms in total. The van der Waals surface area contributed by atoms with Gasteiger partial charge in [0.2, 0.25) is 65.5 Å². The number of benzene rings is 3. The Morgan fingerprint density at radius 2 is 1.30 bits per heavy atom. The molecule has 1 aliphatic rings. The van der Waals surface area contributed by atoms with Gasteiger partial charge in [-0.2, -0.15) is 21.5 Å². The van der Waals surface area contributed by atoms with Gasteiger partial charge >= 0.3 is 6.03 Å². The molecule has 614 valence electrons. The first kappa shape index (κ1) is 91.5. The zero-order valence-electron chi connectivity index (χ0n) is 64.3. The highest BCUT2D eigenvalue weighted by atomic mass is 32.2. The number of hydrogen-bond acceptors (Lipinski definition) is 23. The van der Waals surface area contributed by atoms with Gasteiger partial charge in [0.05, 0.1) is 34.7 Å². The van der Waals surface area contributed by atoms with E-state index in [2.05, 4.69) is 68.8 Å². The molecule has 3 aromatic carbocycles. The summed E-state index contributed by atoms with van der Waals surface area (Å²) in [4.78, 5) is 192. The van der Waals surface area contributed by atoms with Crippen LogP contribution in [-0.4, -0.2) is 245 Å². The SMILES string of the molecule is CNC(=O)c1ccccc1Sc1ccc2c(/C=C/c3ccccn3)nn(C(=O)N(CCC(=O)N[C@H](C(=O)N[C@H](CCCN)C(=O)N[C@H]3CCNC(=O)[C@@H]([C@@H](C)O)NC(=O)[C@@H](CCN)NC(=O)[C@@H](CCN)NC(=O)[C@@H](CC(C)C)NC(=O)[C@@H](Cc4ccccc4)NC(=O)[C@@H](CCN)NC3=O)[C@@H](C)O)C[C@@H](CCSC)NC=O)c2c1. The molecule has 0 saturated carbocycles. The molecule has 13 amide bonds. The van der Waals surface area contributed by atoms with E-state index in [0.717, 1.165) is 0 Å². The van der Waals surface area contributed by atoms with E-state index >= 15 is 4.79 Å². The summed E-state index contributed by atoms with van der Waals surface area (Å²) in [6.45, 7) is 4.39. The van der Waals surface area contributed by atoms with Gasteiger partial charge in [-0.25, -0.2) is 4.79 Å². The fourth-order valence-corrected chi connectivity index (χ4v) is 13.7. The minimum atomic E-state index is -1.79. The summed E-state index contributed by atoms with van der Waals surface area (Å²) < 4.78 is 1.17. The van der Waals surface area contributed by atoms with Crippen LogP contribution in [0, 0.1) is 5.92 Å². The van der Waals surface area contributed by atoms with Crippen LogP contribution in [0.5, 0.6) is 0 Å². The smallest absolute Gasteiger partial charge is 0.345 e. The molecule has 5 aromatic rings. The molecule has 0 aliphatic carbocycles. The number of thioether (sulfide) groups is 1. The van der Waals surface area contributed by atoms with E-state index in [9.17, 15) is 67.7 Å². The van der Waals surface area contributed by atoms with Crippen LogP contribution < -0.4 is 86.7 Å². The maximum absolute atomic E-state index is 15.3. The highest BCUT2D eigenvalue weighted by molar-refractivity contribution is 7.99. The molecule has 1 saturated heterocycles. The summed E-state index contributed by atoms with van der Waals surface area (Å²) in [6, 6.07) is 10.8. The van der Waals surface area contributed by atoms with Crippen LogP contribution >= 0.6 is 23.5 Å². The number of hydrogen-bond donors (Lipinski definition) is 18. The van der Waals surface area contributed by atoms with Crippen molar-refractivity contribution < 1.29 is 72.5 Å². The second kappa shape index (κ2) is 47.2. The average Bonchev–Trinajstić information content (AvgIpc) is 1.63. The molecule has 6 rings (SSSR count). The van der Waals surface area contributed by atoms with Crippen molar-refractivity contribution in [3.05, 3.63) is 120 Å². The van der Waals surface area contributed by atoms with Crippen LogP contribution in [0.2, 0.25) is 0 Å². The van der Waals surface area contributed by atoms with Gasteiger partial charge in [-0.05, 0) is 169 Å². The number of pyridine rings is 1. The molecule has 113 heavy (non-hydrogen) atoms. The molecule has 1 fully saturated rings. The minimum Gasteiger partial charge on any atom is -0.391 e. The zero-order valence-corrected chi connectivity index (χ0v) is 66.0. The van der Waals surface area contributed by atoms with Crippen LogP contribution in [0.25, 0.3) is 23.1 Å². The predicted molar refractivity (Wildman–Crippen MR) is 427 cm³/mol. The molecule has 37 heteroatoms. The number of nitrogens with two attached hydrogens (primary N) is 4. The molecule has 0 unspecified atom stereocenters. The molecule has 3 heterocycles. The lowest BCUT2D eigenvalue weighted by molar-refractivity contribution is -0.136. The highest BCUT2D eigenvalue weighted by Gasteiger charge is 2.38. The van der Waals surface area contributed by atoms with Crippen molar-refractivity contribution in [3.63, 3.8) is 0 Å². The van der Waals surface area contributed by atoms with Crippen molar-refractivity contribution in [3.8, 4) is 0 Å². The van der Waals surface area contributed by atoms with Crippen molar-refractivity contribution >= 4 is 124 Å². The Labute approximate surface area is 664 Å². The van der Waals surface area contributed by atoms with Gasteiger partial charge in [-0.15, -0.1) is 0 Å². The maximum atomic E-state index is 15.3. The minimum absolute atomic E-state index is 0.0214. The molecular formula is C76H108N20O15S2. The van der Waals surface area contributed by atoms with E-state index in [1.807, 2.05) is 12.3 Å². The molecule has 22 N–H and O–H groups in total. The Balaban J connectivity index is 1.32. The summed E-state index contributed by atoms with van der Waals surface area (Å²) in [5.41, 5.74) is 26.1. The fourth-order valence-electron chi connectivity index (χ4n) is 12.2. The summed E-state index contributed by atoms with van der Waals surface area (Å²) in [6.07, 6.45) is 2.61. The molecule has 0 bridgehead atoms. The van der Waals surface area contributed by atoms with E-state index < -0.39 is 157 Å². The second-order valence-corrected chi connectivity index (χ2v) is 29.6. The van der Waals surface area contributed by atoms with Crippen LogP contribution in [0.1, 0.15) is 113 Å². The van der Waals surface area contributed by atoms with Crippen molar-refractivity contribution in [1.82, 2.24) is 83.5 Å². The quantitative estimate of drug-likeness (QED) is 0.0202. The van der Waals surface area contributed by atoms with Gasteiger partial charge in [0, 0.05) is 66.9 Å². The van der Waals surface area contributed by atoms with Crippen molar-refractivity contribution in [2.24, 2.45) is 28.9 Å². The standard InChI is InChI=1S/C76H108N20O15S2/c1-44(2)39-59-72(107)87-55(25-32-78)68(103)86-57(27-34-80)71(106)93-64(45(3)98)74(109)83-36-28-58(70(105)85-56(26-33-79)69(104)91-60(73(108)90-59)40-47-15-8-7-9-16-47)88-67(102)54(19-14-31-77)89-75(110)65(46(4)99)92-63(100)29-37-95(42-49(84-43-97)30-38-112-6)76(111)96-61-41-50(113-62-20-11-10-18-52(62)66(101)81-5)22-23-51(61)53(94-96)24-21-48-17-12-13-35-82-48/h7-13,15-18,20-24,35,41,43-46,49,54-60,64-65,98-99H,14,19,25-34,36-40,42,77-80H2,1-6H3,(H,81,101)(H,83,109)(H,84,97)(H,85,105)(H,86,103)(H,87,107)(H,88,102)(H,89,110)(H,90,108)(H,91,104)(H,92,100)(H,93,106)/b24-21+/t45-,46-,49-,54-,55-,56-,57-,58+,59-,60-,64-,65+/m1/s1. The number of carbonyl (C=O) groups excluding carboxylic acids is 13. The first-order valence-corrected chi connectivity index (χ1v) is 39.7. The monoisotopic (exact) mass is 1600 g/mol. The van der Waals surface area contributed by atoms with Crippen LogP contribution in [0.4, 0.5) is 4.79 Å². The van der Waals surface area contributed by atoms with E-state index in [1.165, 1.54) is 54.0 Å². The van der Waals surface area contributed by atoms with Gasteiger partial charge in [0.15, 0.2) is 0 Å². The predicted octanol–water partition coefficient (Wildman–Crippen LogP) is -1.64. The van der Waals surface area contributed by atoms with E-state index in [-0.39, 0.29) is 96.0 Å². The van der Waals surface area contributed by atoms with Gasteiger partial charge in [0.1, 0.15) is 54.4 Å². The Hall–Kier alpha value is -10.4. The molecule has 1 aliphatic heterocycles. The molecule has 2 aromatic heterocycles. The number of aliphatic hydroxyl groups excluding tert-OH is 2. The maximum Gasteiger partial charge on any atom is 0.345 e. The Bertz CT molecular complexity index is 4060. The van der Waals surface area contributed by atoms with Gasteiger partial charge in [0.25, 0.3) is 5.91 Å². The van der Waals surface area contributed by atoms with Crippen LogP contribution in [0.3, 0.4) is 0 Å². The lowest BCUT2D eigenvalue weighted by Gasteiger charge is -2.29. The molecule has 12 atom stereocenters. The van der Waals surface area contributed by atoms with Gasteiger partial charge in [-0.1, -0.05) is 74.1 Å². The normalized spacial score (nSPS) is 19.8. The number of rotatable bonds is 35. The number of aromatic nitrogens is 3. The third-order valence-corrected chi connectivity index (χ3v) is 19.9. The van der Waals surface area contributed by atoms with E-state index in [1.54, 1.807) is 117 Å². The van der Waals surface area contributed by atoms with Gasteiger partial charge < -0.3 is 102 Å². The average molecular weight is 1610 g/mol. The van der Waals surface area contributed by atoms with Crippen LogP contribution in [-0.2, 0) is 59.2 Å². The van der Waals surface area contributed by atoms with Gasteiger partial charge in [-0.3, -0.25) is 62.5 Å². The Kier molecular flexibility index (Phi) is 38.2. The first-order chi connectivity index (χ1) is 54.2. The number of carbonyl (C=O) groups is 13. The summed E-state index contributed by atoms with van der Waals surface area (Å²) in [7, 11) is 1.52. The number of fused-ring (bicyclic) bond motifs is 1. The van der Waals surface area contributed by atoms with E-state index in [0.29, 0.717) is 61.8 Å². The topological polar surface area (TPSA) is 545 Å². The lowest BCUT2D eigenvalue weighted by atomic mass is 10.00. The van der Waals surface area contributed by atoms with E-state index in [4.69, 9.17) is 28.0 Å². The summed E-state index contributed by atoms with van der Waals surface area (Å²) >= 11 is 2.77. The number of amides is 13. The number of aliphatic hydroxyl groups is 2. The third kappa shape index (κ3) is 28.6. The zero-order chi connectivity index (χ0) is 82.7. The third-order valence-electron chi connectivity index (χ3n) is 18.2. The Morgan fingerprint density at radius 3 is 1.90 bits per heavy atom. The van der Waals surface area contributed by atoms with Crippen molar-refractivity contribution in [2.75, 3.05) is 64.9 Å². The summed E-state index contributed by atoms with van der Waals surface area (Å²) in [5.74, 6) is -9.54.